The molecule has 0 saturated carbocycles. The maximum atomic E-state index is 2.23. The molecule has 0 nitrogen and oxygen atoms in total. The van der Waals surface area contributed by atoms with Crippen LogP contribution in [0.2, 0.25) is 0 Å². The van der Waals surface area contributed by atoms with Crippen LogP contribution >= 0.6 is 12.4 Å². The van der Waals surface area contributed by atoms with Gasteiger partial charge in [-0.1, -0.05) is 24.3 Å². The lowest BCUT2D eigenvalue weighted by Gasteiger charge is -1.94. The molecule has 0 saturated heterocycles. The maximum absolute atomic E-state index is 2.23. The first kappa shape index (κ1) is 8.77. The first-order chi connectivity index (χ1) is 4.00. The van der Waals surface area contributed by atoms with E-state index in [9.17, 15) is 0 Å². The molecule has 0 spiro atoms. The van der Waals surface area contributed by atoms with Gasteiger partial charge in [0.1, 0.15) is 0 Å². The zero-order valence-electron chi connectivity index (χ0n) is 5.55. The summed E-state index contributed by atoms with van der Waals surface area (Å²) in [5, 5.41) is 0. The Kier molecular flexibility index (Phi) is 5.75. The Morgan fingerprint density at radius 3 is 1.67 bits per heavy atom. The van der Waals surface area contributed by atoms with E-state index in [1.54, 1.807) is 0 Å². The Bertz CT molecular complexity index is 89.1. The second kappa shape index (κ2) is 5.90. The van der Waals surface area contributed by atoms with E-state index in [0.717, 1.165) is 0 Å². The highest BCUT2D eigenvalue weighted by Crippen LogP contribution is 2.04. The van der Waals surface area contributed by atoms with Gasteiger partial charge in [0.2, 0.25) is 0 Å². The van der Waals surface area contributed by atoms with Crippen LogP contribution in [0.1, 0.15) is 25.7 Å². The second-order valence-electron chi connectivity index (χ2n) is 2.14. The molecule has 0 atom stereocenters. The first-order valence-electron chi connectivity index (χ1n) is 3.32. The van der Waals surface area contributed by atoms with E-state index in [-0.39, 0.29) is 12.4 Å². The normalized spacial score (nSPS) is 17.8. The number of allylic oxidation sites excluding steroid dienone is 4. The predicted octanol–water partition coefficient (Wildman–Crippen LogP) is 3.09. The van der Waals surface area contributed by atoms with Crippen LogP contribution in [0, 0.1) is 0 Å². The van der Waals surface area contributed by atoms with Gasteiger partial charge >= 0.3 is 0 Å². The highest BCUT2D eigenvalue weighted by atomic mass is 35.5. The molecule has 0 bridgehead atoms. The lowest BCUT2D eigenvalue weighted by Crippen LogP contribution is -1.74. The van der Waals surface area contributed by atoms with Gasteiger partial charge in [-0.3, -0.25) is 0 Å². The molecule has 0 unspecified atom stereocenters. The topological polar surface area (TPSA) is 0 Å². The molecule has 9 heavy (non-hydrogen) atoms. The van der Waals surface area contributed by atoms with Crippen molar-refractivity contribution in [1.82, 2.24) is 0 Å². The van der Waals surface area contributed by atoms with Gasteiger partial charge in [-0.15, -0.1) is 12.4 Å². The zero-order chi connectivity index (χ0) is 5.66. The summed E-state index contributed by atoms with van der Waals surface area (Å²) >= 11 is 0. The minimum Gasteiger partial charge on any atom is -0.147 e. The van der Waals surface area contributed by atoms with Crippen molar-refractivity contribution in [3.05, 3.63) is 24.3 Å². The highest BCUT2D eigenvalue weighted by Gasteiger charge is 1.84. The summed E-state index contributed by atoms with van der Waals surface area (Å²) in [4.78, 5) is 0. The molecule has 0 heterocycles. The van der Waals surface area contributed by atoms with E-state index in [1.807, 2.05) is 0 Å². The van der Waals surface area contributed by atoms with Crippen LogP contribution in [-0.4, -0.2) is 0 Å². The molecule has 1 aliphatic carbocycles. The van der Waals surface area contributed by atoms with Crippen LogP contribution in [-0.2, 0) is 0 Å². The first-order valence-corrected chi connectivity index (χ1v) is 3.32. The van der Waals surface area contributed by atoms with Gasteiger partial charge in [0.15, 0.2) is 0 Å². The van der Waals surface area contributed by atoms with Crippen molar-refractivity contribution >= 4 is 12.4 Å². The van der Waals surface area contributed by atoms with Gasteiger partial charge < -0.3 is 0 Å². The van der Waals surface area contributed by atoms with Crippen LogP contribution in [0.4, 0.5) is 0 Å². The molecule has 0 aromatic rings. The second-order valence-corrected chi connectivity index (χ2v) is 2.14. The van der Waals surface area contributed by atoms with Crippen LogP contribution < -0.4 is 0 Å². The summed E-state index contributed by atoms with van der Waals surface area (Å²) in [5.74, 6) is 0. The molecular weight excluding hydrogens is 132 g/mol. The van der Waals surface area contributed by atoms with E-state index in [4.69, 9.17) is 0 Å². The van der Waals surface area contributed by atoms with Gasteiger partial charge in [0.05, 0.1) is 0 Å². The molecule has 0 fully saturated rings. The molecule has 0 aromatic carbocycles. The Balaban J connectivity index is 0.000000640. The average molecular weight is 145 g/mol. The fourth-order valence-corrected chi connectivity index (χ4v) is 0.874. The predicted molar refractivity (Wildman–Crippen MR) is 44.0 cm³/mol. The van der Waals surface area contributed by atoms with Crippen molar-refractivity contribution in [3.8, 4) is 0 Å². The van der Waals surface area contributed by atoms with Crippen molar-refractivity contribution in [2.24, 2.45) is 0 Å². The third-order valence-electron chi connectivity index (χ3n) is 1.37. The van der Waals surface area contributed by atoms with Crippen molar-refractivity contribution in [2.75, 3.05) is 0 Å². The molecule has 52 valence electrons. The summed E-state index contributed by atoms with van der Waals surface area (Å²) in [5.41, 5.74) is 0. The van der Waals surface area contributed by atoms with E-state index in [0.29, 0.717) is 0 Å². The number of hydrogen-bond donors (Lipinski definition) is 0. The molecular formula is C8H13Cl. The Morgan fingerprint density at radius 2 is 1.22 bits per heavy atom. The fourth-order valence-electron chi connectivity index (χ4n) is 0.874. The Labute approximate surface area is 63.1 Å². The molecule has 0 aliphatic heterocycles. The summed E-state index contributed by atoms with van der Waals surface area (Å²) in [6, 6.07) is 0. The SMILES string of the molecule is C1=CCCCCC=C1.Cl. The van der Waals surface area contributed by atoms with Crippen molar-refractivity contribution < 1.29 is 0 Å². The molecule has 0 N–H and O–H groups in total. The highest BCUT2D eigenvalue weighted by molar-refractivity contribution is 5.85. The lowest BCUT2D eigenvalue weighted by atomic mass is 10.1. The van der Waals surface area contributed by atoms with Crippen LogP contribution in [0.25, 0.3) is 0 Å². The molecule has 1 rings (SSSR count). The minimum atomic E-state index is 0. The van der Waals surface area contributed by atoms with Gasteiger partial charge in [-0.05, 0) is 25.7 Å². The molecule has 1 heteroatoms. The van der Waals surface area contributed by atoms with Crippen LogP contribution in [0.15, 0.2) is 24.3 Å². The van der Waals surface area contributed by atoms with Gasteiger partial charge in [-0.25, -0.2) is 0 Å². The smallest absolute Gasteiger partial charge is 0.0347 e. The van der Waals surface area contributed by atoms with Gasteiger partial charge in [-0.2, -0.15) is 0 Å². The minimum absolute atomic E-state index is 0. The van der Waals surface area contributed by atoms with Gasteiger partial charge in [0, 0.05) is 0 Å². The monoisotopic (exact) mass is 144 g/mol. The Hall–Kier alpha value is -0.230. The number of halogens is 1. The largest absolute Gasteiger partial charge is 0.147 e. The quantitative estimate of drug-likeness (QED) is 0.490. The Morgan fingerprint density at radius 1 is 0.778 bits per heavy atom. The summed E-state index contributed by atoms with van der Waals surface area (Å²) in [7, 11) is 0. The van der Waals surface area contributed by atoms with E-state index in [1.165, 1.54) is 25.7 Å². The van der Waals surface area contributed by atoms with Crippen molar-refractivity contribution in [3.63, 3.8) is 0 Å². The van der Waals surface area contributed by atoms with Crippen molar-refractivity contribution in [2.45, 2.75) is 25.7 Å². The molecule has 0 radical (unpaired) electrons. The van der Waals surface area contributed by atoms with Crippen LogP contribution in [0.5, 0.6) is 0 Å². The maximum Gasteiger partial charge on any atom is -0.0347 e. The number of hydrogen-bond acceptors (Lipinski definition) is 0. The standard InChI is InChI=1S/C8H12.ClH/c1-2-4-6-8-7-5-3-1;/h1-4H,5-8H2;1H. The molecule has 1 aliphatic rings. The number of rotatable bonds is 0. The molecule has 0 aromatic heterocycles. The average Bonchev–Trinajstić information content (AvgIpc) is 1.62. The van der Waals surface area contributed by atoms with E-state index < -0.39 is 0 Å². The van der Waals surface area contributed by atoms with Crippen LogP contribution in [0.3, 0.4) is 0 Å². The fraction of sp³-hybridized carbons (Fsp3) is 0.500. The zero-order valence-corrected chi connectivity index (χ0v) is 6.36. The third kappa shape index (κ3) is 4.28. The van der Waals surface area contributed by atoms with Gasteiger partial charge in [0.25, 0.3) is 0 Å². The lowest BCUT2D eigenvalue weighted by molar-refractivity contribution is 0.758. The summed E-state index contributed by atoms with van der Waals surface area (Å²) in [6.45, 7) is 0. The van der Waals surface area contributed by atoms with Crippen molar-refractivity contribution in [1.29, 1.82) is 0 Å². The molecule has 0 amide bonds. The summed E-state index contributed by atoms with van der Waals surface area (Å²) in [6.07, 6.45) is 14.0. The summed E-state index contributed by atoms with van der Waals surface area (Å²) < 4.78 is 0. The van der Waals surface area contributed by atoms with E-state index >= 15 is 0 Å². The third-order valence-corrected chi connectivity index (χ3v) is 1.37. The van der Waals surface area contributed by atoms with E-state index in [2.05, 4.69) is 24.3 Å².